The Kier molecular flexibility index (Phi) is 7.02. The third-order valence-corrected chi connectivity index (χ3v) is 3.00. The van der Waals surface area contributed by atoms with Crippen LogP contribution in [-0.4, -0.2) is 41.6 Å². The van der Waals surface area contributed by atoms with Crippen molar-refractivity contribution in [2.45, 2.75) is 26.1 Å². The van der Waals surface area contributed by atoms with Crippen molar-refractivity contribution < 1.29 is 32.6 Å². The topological polar surface area (TPSA) is 66.8 Å². The molecule has 0 bridgehead atoms. The minimum Gasteiger partial charge on any atom is -0.480 e. The molecule has 8 heteroatoms. The number of nitrogens with zero attached hydrogens (tertiary/aromatic N) is 1. The molecule has 0 heterocycles. The van der Waals surface area contributed by atoms with Crippen LogP contribution in [0.15, 0.2) is 24.3 Å². The number of alkyl halides is 3. The Hall–Kier alpha value is -2.09. The van der Waals surface area contributed by atoms with Gasteiger partial charge < -0.3 is 14.7 Å². The van der Waals surface area contributed by atoms with Crippen molar-refractivity contribution >= 4 is 11.9 Å². The summed E-state index contributed by atoms with van der Waals surface area (Å²) < 4.78 is 42.5. The van der Waals surface area contributed by atoms with Crippen LogP contribution in [0.25, 0.3) is 0 Å². The van der Waals surface area contributed by atoms with Gasteiger partial charge >= 0.3 is 12.1 Å². The van der Waals surface area contributed by atoms with Crippen molar-refractivity contribution in [3.8, 4) is 0 Å². The van der Waals surface area contributed by atoms with Gasteiger partial charge in [-0.05, 0) is 24.6 Å². The van der Waals surface area contributed by atoms with Gasteiger partial charge in [-0.15, -0.1) is 0 Å². The lowest BCUT2D eigenvalue weighted by atomic mass is 10.1. The molecule has 1 amide bonds. The first-order valence-corrected chi connectivity index (χ1v) is 6.97. The molecule has 0 atom stereocenters. The molecule has 0 unspecified atom stereocenters. The molecule has 0 spiro atoms. The zero-order valence-electron chi connectivity index (χ0n) is 12.6. The number of aliphatic carboxylic acids is 1. The highest BCUT2D eigenvalue weighted by Gasteiger charge is 2.30. The molecule has 1 N–H and O–H groups in total. The Balaban J connectivity index is 2.76. The largest absolute Gasteiger partial charge is 0.480 e. The summed E-state index contributed by atoms with van der Waals surface area (Å²) in [5, 5.41) is 8.86. The molecule has 1 rings (SSSR count). The van der Waals surface area contributed by atoms with E-state index in [1.807, 2.05) is 0 Å². The molecule has 0 saturated carbocycles. The van der Waals surface area contributed by atoms with Crippen LogP contribution in [0, 0.1) is 0 Å². The highest BCUT2D eigenvalue weighted by molar-refractivity contribution is 5.81. The second-order valence-electron chi connectivity index (χ2n) is 4.79. The number of ether oxygens (including phenoxy) is 1. The normalized spacial score (nSPS) is 11.3. The number of carbonyl (C=O) groups excluding carboxylic acids is 1. The second kappa shape index (κ2) is 8.52. The lowest BCUT2D eigenvalue weighted by Gasteiger charge is -2.21. The van der Waals surface area contributed by atoms with Gasteiger partial charge in [-0.25, -0.2) is 0 Å². The summed E-state index contributed by atoms with van der Waals surface area (Å²) in [6, 6.07) is 4.26. The van der Waals surface area contributed by atoms with Gasteiger partial charge in [0.25, 0.3) is 0 Å². The smallest absolute Gasteiger partial charge is 0.416 e. The summed E-state index contributed by atoms with van der Waals surface area (Å²) in [5.74, 6) is -1.62. The average Bonchev–Trinajstić information content (AvgIpc) is 2.46. The Morgan fingerprint density at radius 3 is 2.30 bits per heavy atom. The molecule has 128 valence electrons. The Morgan fingerprint density at radius 1 is 1.22 bits per heavy atom. The van der Waals surface area contributed by atoms with Gasteiger partial charge in [0, 0.05) is 13.2 Å². The quantitative estimate of drug-likeness (QED) is 0.743. The van der Waals surface area contributed by atoms with Crippen LogP contribution in [-0.2, 0) is 27.0 Å². The summed E-state index contributed by atoms with van der Waals surface area (Å²) in [6.45, 7) is 1.77. The molecule has 0 aliphatic carbocycles. The van der Waals surface area contributed by atoms with E-state index < -0.39 is 30.2 Å². The number of benzene rings is 1. The fourth-order valence-corrected chi connectivity index (χ4v) is 1.88. The average molecular weight is 333 g/mol. The summed E-state index contributed by atoms with van der Waals surface area (Å²) >= 11 is 0. The predicted molar refractivity (Wildman–Crippen MR) is 75.6 cm³/mol. The zero-order chi connectivity index (χ0) is 17.5. The van der Waals surface area contributed by atoms with Crippen molar-refractivity contribution in [1.29, 1.82) is 0 Å². The number of carboxylic acid groups (broad SMARTS) is 1. The summed E-state index contributed by atoms with van der Waals surface area (Å²) in [6.07, 6.45) is -4.42. The number of carboxylic acids is 1. The molecular formula is C15H18F3NO4. The van der Waals surface area contributed by atoms with Gasteiger partial charge in [0.05, 0.1) is 18.6 Å². The number of hydrogen-bond acceptors (Lipinski definition) is 3. The van der Waals surface area contributed by atoms with E-state index in [0.717, 1.165) is 17.0 Å². The van der Waals surface area contributed by atoms with Crippen molar-refractivity contribution in [3.05, 3.63) is 35.4 Å². The Morgan fingerprint density at radius 2 is 1.83 bits per heavy atom. The minimum atomic E-state index is -4.44. The minimum absolute atomic E-state index is 0.0156. The molecule has 0 aliphatic heterocycles. The third-order valence-electron chi connectivity index (χ3n) is 3.00. The molecule has 23 heavy (non-hydrogen) atoms. The van der Waals surface area contributed by atoms with Crippen molar-refractivity contribution in [2.75, 3.05) is 19.8 Å². The van der Waals surface area contributed by atoms with Crippen LogP contribution >= 0.6 is 0 Å². The lowest BCUT2D eigenvalue weighted by Crippen LogP contribution is -2.35. The number of halogens is 3. The SMILES string of the molecule is CCOCCC(=O)N(CC(=O)O)Cc1ccc(C(F)(F)F)cc1. The number of carbonyl (C=O) groups is 2. The van der Waals surface area contributed by atoms with Crippen LogP contribution in [0.4, 0.5) is 13.2 Å². The first-order valence-electron chi connectivity index (χ1n) is 6.97. The lowest BCUT2D eigenvalue weighted by molar-refractivity contribution is -0.145. The van der Waals surface area contributed by atoms with E-state index in [2.05, 4.69) is 0 Å². The molecule has 5 nitrogen and oxygen atoms in total. The monoisotopic (exact) mass is 333 g/mol. The van der Waals surface area contributed by atoms with E-state index in [9.17, 15) is 22.8 Å². The maximum Gasteiger partial charge on any atom is 0.416 e. The van der Waals surface area contributed by atoms with E-state index in [0.29, 0.717) is 12.2 Å². The van der Waals surface area contributed by atoms with Crippen LogP contribution < -0.4 is 0 Å². The number of amides is 1. The van der Waals surface area contributed by atoms with Gasteiger partial charge in [0.2, 0.25) is 5.91 Å². The van der Waals surface area contributed by atoms with E-state index in [4.69, 9.17) is 9.84 Å². The van der Waals surface area contributed by atoms with Gasteiger partial charge in [-0.2, -0.15) is 13.2 Å². The van der Waals surface area contributed by atoms with Crippen molar-refractivity contribution in [2.24, 2.45) is 0 Å². The summed E-state index contributed by atoms with van der Waals surface area (Å²) in [5.41, 5.74) is -0.377. The fourth-order valence-electron chi connectivity index (χ4n) is 1.88. The first kappa shape index (κ1) is 19.0. The van der Waals surface area contributed by atoms with Crippen LogP contribution in [0.1, 0.15) is 24.5 Å². The zero-order valence-corrected chi connectivity index (χ0v) is 12.6. The predicted octanol–water partition coefficient (Wildman–Crippen LogP) is 2.55. The van der Waals surface area contributed by atoms with Crippen LogP contribution in [0.2, 0.25) is 0 Å². The van der Waals surface area contributed by atoms with Gasteiger partial charge in [0.1, 0.15) is 6.54 Å². The maximum absolute atomic E-state index is 12.5. The van der Waals surface area contributed by atoms with Gasteiger partial charge in [-0.3, -0.25) is 9.59 Å². The fraction of sp³-hybridized carbons (Fsp3) is 0.467. The number of hydrogen-bond donors (Lipinski definition) is 1. The summed E-state index contributed by atoms with van der Waals surface area (Å²) in [7, 11) is 0. The molecule has 0 fully saturated rings. The molecular weight excluding hydrogens is 315 g/mol. The third kappa shape index (κ3) is 6.68. The van der Waals surface area contributed by atoms with Crippen molar-refractivity contribution in [1.82, 2.24) is 4.90 Å². The second-order valence-corrected chi connectivity index (χ2v) is 4.79. The summed E-state index contributed by atoms with van der Waals surface area (Å²) in [4.78, 5) is 23.9. The van der Waals surface area contributed by atoms with E-state index >= 15 is 0 Å². The first-order chi connectivity index (χ1) is 10.7. The Bertz CT molecular complexity index is 529. The van der Waals surface area contributed by atoms with E-state index in [-0.39, 0.29) is 19.6 Å². The molecule has 0 radical (unpaired) electrons. The molecule has 1 aromatic rings. The molecule has 0 aromatic heterocycles. The number of rotatable bonds is 8. The highest BCUT2D eigenvalue weighted by atomic mass is 19.4. The van der Waals surface area contributed by atoms with Crippen LogP contribution in [0.5, 0.6) is 0 Å². The standard InChI is InChI=1S/C15H18F3NO4/c1-2-23-8-7-13(20)19(10-14(21)22)9-11-3-5-12(6-4-11)15(16,17)18/h3-6H,2,7-10H2,1H3,(H,21,22). The Labute approximate surface area is 131 Å². The van der Waals surface area contributed by atoms with E-state index in [1.165, 1.54) is 12.1 Å². The van der Waals surface area contributed by atoms with Gasteiger partial charge in [-0.1, -0.05) is 12.1 Å². The van der Waals surface area contributed by atoms with Crippen molar-refractivity contribution in [3.63, 3.8) is 0 Å². The highest BCUT2D eigenvalue weighted by Crippen LogP contribution is 2.29. The van der Waals surface area contributed by atoms with Crippen LogP contribution in [0.3, 0.4) is 0 Å². The van der Waals surface area contributed by atoms with E-state index in [1.54, 1.807) is 6.92 Å². The molecule has 0 aliphatic rings. The molecule has 0 saturated heterocycles. The maximum atomic E-state index is 12.5. The molecule has 1 aromatic carbocycles. The van der Waals surface area contributed by atoms with Gasteiger partial charge in [0.15, 0.2) is 0 Å².